The molecule has 0 aliphatic carbocycles. The summed E-state index contributed by atoms with van der Waals surface area (Å²) in [6.07, 6.45) is 8.58. The third kappa shape index (κ3) is 8.19. The van der Waals surface area contributed by atoms with Crippen molar-refractivity contribution in [2.45, 2.75) is 38.6 Å². The van der Waals surface area contributed by atoms with Crippen molar-refractivity contribution in [1.82, 2.24) is 15.7 Å². The predicted molar refractivity (Wildman–Crippen MR) is 133 cm³/mol. The lowest BCUT2D eigenvalue weighted by molar-refractivity contribution is -0.114. The number of rotatable bonds is 13. The number of nitrogens with zero attached hydrogens (tertiary/aromatic N) is 2. The number of hydrazone groups is 1. The van der Waals surface area contributed by atoms with E-state index in [1.807, 2.05) is 54.6 Å². The summed E-state index contributed by atoms with van der Waals surface area (Å²) < 4.78 is 0. The van der Waals surface area contributed by atoms with Crippen LogP contribution in [-0.2, 0) is 11.3 Å². The summed E-state index contributed by atoms with van der Waals surface area (Å²) >= 11 is 6.04. The van der Waals surface area contributed by atoms with Crippen LogP contribution in [0.25, 0.3) is 10.9 Å². The molecule has 7 heteroatoms. The molecule has 0 aliphatic heterocycles. The summed E-state index contributed by atoms with van der Waals surface area (Å²) in [5.74, 6) is -0.166. The molecule has 0 aliphatic rings. The minimum Gasteiger partial charge on any atom is -0.384 e. The fourth-order valence-corrected chi connectivity index (χ4v) is 3.54. The lowest BCUT2D eigenvalue weighted by Crippen LogP contribution is -2.26. The first kappa shape index (κ1) is 23.5. The van der Waals surface area contributed by atoms with E-state index in [0.29, 0.717) is 18.1 Å². The van der Waals surface area contributed by atoms with Crippen LogP contribution in [-0.4, -0.2) is 30.2 Å². The third-order valence-corrected chi connectivity index (χ3v) is 5.31. The predicted octanol–water partition coefficient (Wildman–Crippen LogP) is 5.14. The van der Waals surface area contributed by atoms with Gasteiger partial charge in [0.2, 0.25) is 0 Å². The van der Waals surface area contributed by atoms with Crippen molar-refractivity contribution in [1.29, 1.82) is 0 Å². The third-order valence-electron chi connectivity index (χ3n) is 5.07. The zero-order valence-electron chi connectivity index (χ0n) is 18.2. The highest BCUT2D eigenvalue weighted by atomic mass is 35.5. The molecule has 0 saturated heterocycles. The Morgan fingerprint density at radius 1 is 0.969 bits per heavy atom. The highest BCUT2D eigenvalue weighted by molar-refractivity contribution is 6.31. The summed E-state index contributed by atoms with van der Waals surface area (Å²) in [4.78, 5) is 16.1. The summed E-state index contributed by atoms with van der Waals surface area (Å²) in [5.41, 5.74) is 6.00. The molecule has 0 bridgehead atoms. The number of unbranched alkanes of at least 4 members (excludes halogenated alkanes) is 4. The number of pyridine rings is 1. The quantitative estimate of drug-likeness (QED) is 0.191. The van der Waals surface area contributed by atoms with Crippen LogP contribution in [0.3, 0.4) is 0 Å². The number of hydrogen-bond donors (Lipinski definition) is 3. The largest absolute Gasteiger partial charge is 0.384 e. The number of carbonyl (C=O) groups is 1. The normalized spacial score (nSPS) is 11.0. The number of benzene rings is 2. The Labute approximate surface area is 194 Å². The number of nitrogens with one attached hydrogen (secondary N) is 3. The van der Waals surface area contributed by atoms with Gasteiger partial charge in [-0.2, -0.15) is 5.10 Å². The van der Waals surface area contributed by atoms with Crippen LogP contribution in [0.4, 0.5) is 5.69 Å². The van der Waals surface area contributed by atoms with Gasteiger partial charge in [-0.05, 0) is 42.7 Å². The number of anilines is 1. The van der Waals surface area contributed by atoms with Crippen molar-refractivity contribution in [3.05, 3.63) is 71.4 Å². The number of aromatic nitrogens is 1. The lowest BCUT2D eigenvalue weighted by atomic mass is 10.1. The van der Waals surface area contributed by atoms with Crippen molar-refractivity contribution < 1.29 is 4.79 Å². The van der Waals surface area contributed by atoms with Gasteiger partial charge in [0.05, 0.1) is 12.1 Å². The van der Waals surface area contributed by atoms with E-state index >= 15 is 0 Å². The van der Waals surface area contributed by atoms with E-state index in [1.54, 1.807) is 6.20 Å². The van der Waals surface area contributed by atoms with Gasteiger partial charge in [0.25, 0.3) is 5.91 Å². The Hall–Kier alpha value is -3.12. The molecule has 0 radical (unpaired) electrons. The van der Waals surface area contributed by atoms with E-state index in [9.17, 15) is 4.79 Å². The molecule has 1 amide bonds. The molecule has 0 atom stereocenters. The fourth-order valence-electron chi connectivity index (χ4n) is 3.37. The molecular weight excluding hydrogens is 422 g/mol. The van der Waals surface area contributed by atoms with Crippen LogP contribution in [0.2, 0.25) is 5.02 Å². The van der Waals surface area contributed by atoms with Crippen LogP contribution in [0.5, 0.6) is 0 Å². The Bertz CT molecular complexity index is 1010. The first-order valence-electron chi connectivity index (χ1n) is 11.1. The second-order valence-corrected chi connectivity index (χ2v) is 8.02. The van der Waals surface area contributed by atoms with Gasteiger partial charge in [0.1, 0.15) is 6.21 Å². The number of halogens is 1. The molecule has 0 fully saturated rings. The first-order chi connectivity index (χ1) is 15.7. The van der Waals surface area contributed by atoms with E-state index in [-0.39, 0.29) is 5.91 Å². The molecule has 32 heavy (non-hydrogen) atoms. The van der Waals surface area contributed by atoms with E-state index in [4.69, 9.17) is 11.6 Å². The van der Waals surface area contributed by atoms with Gasteiger partial charge in [0, 0.05) is 35.4 Å². The number of amides is 1. The first-order valence-corrected chi connectivity index (χ1v) is 11.5. The second kappa shape index (κ2) is 13.3. The van der Waals surface area contributed by atoms with E-state index in [1.165, 1.54) is 6.21 Å². The minimum absolute atomic E-state index is 0.166. The zero-order valence-corrected chi connectivity index (χ0v) is 18.9. The minimum atomic E-state index is -0.166. The molecule has 3 N–H and O–H groups in total. The maximum Gasteiger partial charge on any atom is 0.264 e. The smallest absolute Gasteiger partial charge is 0.264 e. The average Bonchev–Trinajstić information content (AvgIpc) is 2.81. The maximum absolute atomic E-state index is 11.8. The molecule has 168 valence electrons. The number of carbonyl (C=O) groups excluding carboxylic acids is 1. The highest BCUT2D eigenvalue weighted by Gasteiger charge is 2.02. The fraction of sp³-hybridized carbons (Fsp3) is 0.320. The van der Waals surface area contributed by atoms with Crippen molar-refractivity contribution in [3.63, 3.8) is 0 Å². The number of fused-ring (bicyclic) bond motifs is 1. The van der Waals surface area contributed by atoms with Gasteiger partial charge in [-0.15, -0.1) is 0 Å². The summed E-state index contributed by atoms with van der Waals surface area (Å²) in [6.45, 7) is 2.20. The van der Waals surface area contributed by atoms with Gasteiger partial charge in [-0.25, -0.2) is 0 Å². The molecule has 3 aromatic rings. The van der Waals surface area contributed by atoms with Crippen LogP contribution in [0.1, 0.15) is 37.7 Å². The average molecular weight is 452 g/mol. The van der Waals surface area contributed by atoms with Crippen molar-refractivity contribution in [3.8, 4) is 0 Å². The van der Waals surface area contributed by atoms with E-state index in [2.05, 4.69) is 26.1 Å². The number of hydrogen-bond acceptors (Lipinski definition) is 5. The molecular formula is C25H30ClN5O. The summed E-state index contributed by atoms with van der Waals surface area (Å²) in [6, 6.07) is 17.7. The molecule has 0 saturated carbocycles. The molecule has 2 aromatic carbocycles. The van der Waals surface area contributed by atoms with E-state index < -0.39 is 0 Å². The van der Waals surface area contributed by atoms with Gasteiger partial charge in [-0.3, -0.25) is 9.78 Å². The Kier molecular flexibility index (Phi) is 9.80. The van der Waals surface area contributed by atoms with Crippen LogP contribution < -0.4 is 16.1 Å². The molecule has 3 rings (SSSR count). The molecule has 1 aromatic heterocycles. The summed E-state index contributed by atoms with van der Waals surface area (Å²) in [7, 11) is 0. The summed E-state index contributed by atoms with van der Waals surface area (Å²) in [5, 5.41) is 12.1. The Morgan fingerprint density at radius 2 is 1.75 bits per heavy atom. The van der Waals surface area contributed by atoms with Gasteiger partial charge >= 0.3 is 0 Å². The van der Waals surface area contributed by atoms with Crippen LogP contribution >= 0.6 is 11.6 Å². The SMILES string of the molecule is O=C(/C=N/NCc1ccccc1)NCCCCCCCNc1ccnc2cc(Cl)ccc12. The van der Waals surface area contributed by atoms with Gasteiger partial charge in [0.15, 0.2) is 0 Å². The topological polar surface area (TPSA) is 78.4 Å². The van der Waals surface area contributed by atoms with Gasteiger partial charge in [-0.1, -0.05) is 61.2 Å². The Morgan fingerprint density at radius 3 is 2.59 bits per heavy atom. The monoisotopic (exact) mass is 451 g/mol. The van der Waals surface area contributed by atoms with Crippen LogP contribution in [0.15, 0.2) is 65.9 Å². The standard InChI is InChI=1S/C25H30ClN5O/c26-21-11-12-22-23(13-16-28-24(22)17-21)27-14-7-2-1-3-8-15-29-25(32)19-31-30-18-20-9-5-4-6-10-20/h4-6,9-13,16-17,19,30H,1-3,7-8,14-15,18H2,(H,27,28)(H,29,32)/b31-19+. The van der Waals surface area contributed by atoms with Crippen molar-refractivity contribution in [2.75, 3.05) is 18.4 Å². The second-order valence-electron chi connectivity index (χ2n) is 7.58. The molecule has 6 nitrogen and oxygen atoms in total. The van der Waals surface area contributed by atoms with E-state index in [0.717, 1.165) is 60.8 Å². The molecule has 1 heterocycles. The van der Waals surface area contributed by atoms with Crippen molar-refractivity contribution in [2.24, 2.45) is 5.10 Å². The van der Waals surface area contributed by atoms with Crippen LogP contribution in [0, 0.1) is 0 Å². The zero-order chi connectivity index (χ0) is 22.4. The van der Waals surface area contributed by atoms with Crippen molar-refractivity contribution >= 4 is 40.3 Å². The van der Waals surface area contributed by atoms with Gasteiger partial charge < -0.3 is 16.1 Å². The highest BCUT2D eigenvalue weighted by Crippen LogP contribution is 2.24. The Balaban J connectivity index is 1.19. The lowest BCUT2D eigenvalue weighted by Gasteiger charge is -2.09. The molecule has 0 unspecified atom stereocenters. The maximum atomic E-state index is 11.8. The molecule has 0 spiro atoms.